The summed E-state index contributed by atoms with van der Waals surface area (Å²) in [5.41, 5.74) is 0.268. The first-order chi connectivity index (χ1) is 8.41. The van der Waals surface area contributed by atoms with Crippen molar-refractivity contribution in [3.05, 3.63) is 39.9 Å². The van der Waals surface area contributed by atoms with Crippen molar-refractivity contribution in [2.45, 2.75) is 0 Å². The first kappa shape index (κ1) is 13.3. The van der Waals surface area contributed by atoms with Gasteiger partial charge in [0, 0.05) is 5.56 Å². The smallest absolute Gasteiger partial charge is 0.256 e. The number of phenolic OH excluding ortho intramolecular Hbond substituents is 1. The summed E-state index contributed by atoms with van der Waals surface area (Å²) >= 11 is 13.9. The lowest BCUT2D eigenvalue weighted by molar-refractivity contribution is 0.107. The molecule has 0 atom stereocenters. The maximum atomic E-state index is 11.2. The normalized spacial score (nSPS) is 10.6. The number of hydrogen-bond donors (Lipinski definition) is 1. The summed E-state index contributed by atoms with van der Waals surface area (Å²) < 4.78 is 0.345. The predicted molar refractivity (Wildman–Crippen MR) is 73.7 cm³/mol. The van der Waals surface area contributed by atoms with Gasteiger partial charge in [0.25, 0.3) is 10.5 Å². The minimum Gasteiger partial charge on any atom is -0.506 e. The second-order valence-electron chi connectivity index (χ2n) is 3.57. The minimum absolute atomic E-state index is 0.0322. The van der Waals surface area contributed by atoms with Crippen molar-refractivity contribution in [2.75, 3.05) is 0 Å². The van der Waals surface area contributed by atoms with E-state index in [0.29, 0.717) is 20.8 Å². The molecule has 2 aromatic carbocycles. The number of rotatable bonds is 2. The van der Waals surface area contributed by atoms with E-state index < -0.39 is 10.5 Å². The summed E-state index contributed by atoms with van der Waals surface area (Å²) in [5, 5.41) is 9.65. The summed E-state index contributed by atoms with van der Waals surface area (Å²) in [6.45, 7) is 0. The Labute approximate surface area is 120 Å². The Balaban J connectivity index is 2.83. The average molecular weight is 348 g/mol. The first-order valence-corrected chi connectivity index (χ1v) is 6.31. The molecule has 0 amide bonds. The van der Waals surface area contributed by atoms with E-state index >= 15 is 0 Å². The number of halogens is 3. The van der Waals surface area contributed by atoms with Crippen molar-refractivity contribution < 1.29 is 14.7 Å². The maximum Gasteiger partial charge on any atom is 0.256 e. The lowest BCUT2D eigenvalue weighted by Gasteiger charge is -2.07. The molecule has 0 aliphatic carbocycles. The first-order valence-electron chi connectivity index (χ1n) is 4.76. The fourth-order valence-electron chi connectivity index (χ4n) is 1.62. The number of benzene rings is 2. The largest absolute Gasteiger partial charge is 0.506 e. The topological polar surface area (TPSA) is 54.4 Å². The lowest BCUT2D eigenvalue weighted by Crippen LogP contribution is -1.93. The van der Waals surface area contributed by atoms with Gasteiger partial charge in [-0.05, 0) is 68.1 Å². The molecule has 3 nitrogen and oxygen atoms in total. The van der Waals surface area contributed by atoms with Gasteiger partial charge in [0.1, 0.15) is 5.75 Å². The monoisotopic (exact) mass is 346 g/mol. The van der Waals surface area contributed by atoms with E-state index in [1.54, 1.807) is 6.07 Å². The van der Waals surface area contributed by atoms with E-state index in [2.05, 4.69) is 15.9 Å². The van der Waals surface area contributed by atoms with E-state index in [9.17, 15) is 14.7 Å². The molecule has 0 saturated carbocycles. The quantitative estimate of drug-likeness (QED) is 0.833. The van der Waals surface area contributed by atoms with Crippen LogP contribution in [0.2, 0.25) is 0 Å². The Hall–Kier alpha value is -1.10. The second-order valence-corrected chi connectivity index (χ2v) is 5.05. The highest BCUT2D eigenvalue weighted by atomic mass is 79.9. The number of phenols is 1. The summed E-state index contributed by atoms with van der Waals surface area (Å²) in [6.07, 6.45) is 0. The summed E-state index contributed by atoms with van der Waals surface area (Å²) in [5.74, 6) is -0.229. The van der Waals surface area contributed by atoms with E-state index in [4.69, 9.17) is 23.2 Å². The Kier molecular flexibility index (Phi) is 3.61. The second kappa shape index (κ2) is 4.88. The molecular weight excluding hydrogens is 343 g/mol. The molecule has 0 aromatic heterocycles. The summed E-state index contributed by atoms with van der Waals surface area (Å²) in [4.78, 5) is 22.2. The predicted octanol–water partition coefficient (Wildman–Crippen LogP) is 4.07. The van der Waals surface area contributed by atoms with Gasteiger partial charge >= 0.3 is 0 Å². The van der Waals surface area contributed by atoms with Crippen molar-refractivity contribution in [3.63, 3.8) is 0 Å². The van der Waals surface area contributed by atoms with Gasteiger partial charge in [-0.3, -0.25) is 9.59 Å². The van der Waals surface area contributed by atoms with Crippen LogP contribution in [0.15, 0.2) is 28.7 Å². The third-order valence-corrected chi connectivity index (χ3v) is 3.71. The Morgan fingerprint density at radius 3 is 2.33 bits per heavy atom. The molecule has 18 heavy (non-hydrogen) atoms. The zero-order chi connectivity index (χ0) is 13.4. The van der Waals surface area contributed by atoms with Crippen LogP contribution in [0.1, 0.15) is 20.7 Å². The molecule has 2 rings (SSSR count). The van der Waals surface area contributed by atoms with Crippen LogP contribution in [0, 0.1) is 0 Å². The molecule has 0 radical (unpaired) electrons. The minimum atomic E-state index is -0.780. The SMILES string of the molecule is O=C(Cl)c1ccc2c(Br)c(O)c(C(=O)Cl)cc2c1. The summed E-state index contributed by atoms with van der Waals surface area (Å²) in [6, 6.07) is 6.09. The molecule has 0 saturated heterocycles. The summed E-state index contributed by atoms with van der Waals surface area (Å²) in [7, 11) is 0. The van der Waals surface area contributed by atoms with E-state index in [1.165, 1.54) is 18.2 Å². The highest BCUT2D eigenvalue weighted by molar-refractivity contribution is 9.10. The number of hydrogen-bond acceptors (Lipinski definition) is 3. The van der Waals surface area contributed by atoms with E-state index in [0.717, 1.165) is 0 Å². The molecule has 0 fully saturated rings. The molecule has 0 unspecified atom stereocenters. The fraction of sp³-hybridized carbons (Fsp3) is 0. The zero-order valence-corrected chi connectivity index (χ0v) is 11.8. The number of fused-ring (bicyclic) bond motifs is 1. The molecule has 92 valence electrons. The van der Waals surface area contributed by atoms with Gasteiger partial charge in [-0.1, -0.05) is 6.07 Å². The molecule has 0 heterocycles. The lowest BCUT2D eigenvalue weighted by atomic mass is 10.0. The average Bonchev–Trinajstić information content (AvgIpc) is 2.32. The highest BCUT2D eigenvalue weighted by Crippen LogP contribution is 2.36. The molecule has 0 bridgehead atoms. The van der Waals surface area contributed by atoms with Crippen LogP contribution >= 0.6 is 39.1 Å². The van der Waals surface area contributed by atoms with Crippen molar-refractivity contribution in [1.29, 1.82) is 0 Å². The van der Waals surface area contributed by atoms with Gasteiger partial charge in [0.05, 0.1) is 10.0 Å². The van der Waals surface area contributed by atoms with Crippen LogP contribution in [0.4, 0.5) is 0 Å². The van der Waals surface area contributed by atoms with Crippen molar-refractivity contribution in [3.8, 4) is 5.75 Å². The third-order valence-electron chi connectivity index (χ3n) is 2.49. The molecular formula is C12H5BrCl2O3. The number of carbonyl (C=O) groups is 2. The number of carbonyl (C=O) groups excluding carboxylic acids is 2. The van der Waals surface area contributed by atoms with Gasteiger partial charge in [-0.15, -0.1) is 0 Å². The van der Waals surface area contributed by atoms with Gasteiger partial charge in [0.15, 0.2) is 0 Å². The van der Waals surface area contributed by atoms with Crippen molar-refractivity contribution in [2.24, 2.45) is 0 Å². The van der Waals surface area contributed by atoms with Crippen molar-refractivity contribution >= 4 is 60.4 Å². The van der Waals surface area contributed by atoms with Gasteiger partial charge in [-0.2, -0.15) is 0 Å². The Bertz CT molecular complexity index is 683. The van der Waals surface area contributed by atoms with Crippen LogP contribution in [0.5, 0.6) is 5.75 Å². The standard InChI is InChI=1S/C12H5BrCl2O3/c13-9-7-2-1-5(11(14)17)3-6(7)4-8(10(9)16)12(15)18/h1-4,16H. The highest BCUT2D eigenvalue weighted by Gasteiger charge is 2.16. The van der Waals surface area contributed by atoms with Gasteiger partial charge in [-0.25, -0.2) is 0 Å². The Morgan fingerprint density at radius 1 is 1.11 bits per heavy atom. The van der Waals surface area contributed by atoms with Crippen LogP contribution in [-0.2, 0) is 0 Å². The number of aromatic hydroxyl groups is 1. The van der Waals surface area contributed by atoms with Gasteiger partial charge < -0.3 is 5.11 Å². The van der Waals surface area contributed by atoms with E-state index in [-0.39, 0.29) is 11.3 Å². The maximum absolute atomic E-state index is 11.2. The van der Waals surface area contributed by atoms with Crippen LogP contribution in [0.25, 0.3) is 10.8 Å². The molecule has 1 N–H and O–H groups in total. The fourth-order valence-corrected chi connectivity index (χ4v) is 2.46. The Morgan fingerprint density at radius 2 is 1.78 bits per heavy atom. The van der Waals surface area contributed by atoms with Crippen LogP contribution in [0.3, 0.4) is 0 Å². The molecule has 0 spiro atoms. The third kappa shape index (κ3) is 2.23. The van der Waals surface area contributed by atoms with E-state index in [1.807, 2.05) is 0 Å². The van der Waals surface area contributed by atoms with Crippen LogP contribution < -0.4 is 0 Å². The van der Waals surface area contributed by atoms with Crippen LogP contribution in [-0.4, -0.2) is 15.6 Å². The zero-order valence-electron chi connectivity index (χ0n) is 8.71. The van der Waals surface area contributed by atoms with Crippen molar-refractivity contribution in [1.82, 2.24) is 0 Å². The molecule has 6 heteroatoms. The molecule has 0 aliphatic heterocycles. The molecule has 2 aromatic rings. The molecule has 0 aliphatic rings. The van der Waals surface area contributed by atoms with Gasteiger partial charge in [0.2, 0.25) is 0 Å².